The van der Waals surface area contributed by atoms with Crippen LogP contribution in [0.5, 0.6) is 0 Å². The van der Waals surface area contributed by atoms with E-state index in [2.05, 4.69) is 6.92 Å². The summed E-state index contributed by atoms with van der Waals surface area (Å²) in [5.41, 5.74) is 0.751. The van der Waals surface area contributed by atoms with E-state index in [0.717, 1.165) is 5.56 Å². The number of hydrogen-bond acceptors (Lipinski definition) is 2. The fourth-order valence-electron chi connectivity index (χ4n) is 1.18. The molecule has 81 valence electrons. The molecule has 0 heterocycles. The van der Waals surface area contributed by atoms with Crippen molar-refractivity contribution in [2.24, 2.45) is 5.41 Å². The van der Waals surface area contributed by atoms with Crippen molar-refractivity contribution in [2.45, 2.75) is 26.9 Å². The molecule has 0 amide bonds. The van der Waals surface area contributed by atoms with Crippen molar-refractivity contribution in [3.05, 3.63) is 42.8 Å². The second kappa shape index (κ2) is 4.96. The summed E-state index contributed by atoms with van der Waals surface area (Å²) in [6.45, 7) is 8.03. The smallest absolute Gasteiger partial charge is 0.306 e. The molecular formula is C13H17O2. The van der Waals surface area contributed by atoms with Gasteiger partial charge in [-0.1, -0.05) is 44.2 Å². The zero-order chi connectivity index (χ0) is 11.3. The van der Waals surface area contributed by atoms with E-state index in [9.17, 15) is 4.79 Å². The van der Waals surface area contributed by atoms with Crippen LogP contribution in [0.4, 0.5) is 0 Å². The Bertz CT molecular complexity index is 309. The molecule has 0 atom stereocenters. The molecule has 0 spiro atoms. The average molecular weight is 205 g/mol. The zero-order valence-corrected chi connectivity index (χ0v) is 9.32. The summed E-state index contributed by atoms with van der Waals surface area (Å²) in [4.78, 5) is 11.4. The highest BCUT2D eigenvalue weighted by Crippen LogP contribution is 2.18. The van der Waals surface area contributed by atoms with E-state index in [1.54, 1.807) is 0 Å². The molecule has 15 heavy (non-hydrogen) atoms. The predicted octanol–water partition coefficient (Wildman–Crippen LogP) is 2.98. The van der Waals surface area contributed by atoms with Crippen LogP contribution in [0, 0.1) is 12.3 Å². The molecule has 0 aromatic heterocycles. The van der Waals surface area contributed by atoms with Crippen molar-refractivity contribution in [3.63, 3.8) is 0 Å². The largest absolute Gasteiger partial charge is 0.461 e. The fourth-order valence-corrected chi connectivity index (χ4v) is 1.18. The van der Waals surface area contributed by atoms with E-state index in [1.165, 1.54) is 0 Å². The van der Waals surface area contributed by atoms with Gasteiger partial charge in [0.15, 0.2) is 0 Å². The Hall–Kier alpha value is -1.31. The number of esters is 1. The van der Waals surface area contributed by atoms with Crippen molar-refractivity contribution in [3.8, 4) is 0 Å². The highest BCUT2D eigenvalue weighted by Gasteiger charge is 2.16. The quantitative estimate of drug-likeness (QED) is 0.706. The van der Waals surface area contributed by atoms with Crippen molar-refractivity contribution >= 4 is 5.97 Å². The van der Waals surface area contributed by atoms with Gasteiger partial charge in [0.05, 0.1) is 6.42 Å². The molecular weight excluding hydrogens is 188 g/mol. The summed E-state index contributed by atoms with van der Waals surface area (Å²) < 4.78 is 5.13. The van der Waals surface area contributed by atoms with Crippen LogP contribution in [0.3, 0.4) is 0 Å². The second-order valence-corrected chi connectivity index (χ2v) is 4.49. The number of carbonyl (C=O) groups is 1. The van der Waals surface area contributed by atoms with Gasteiger partial charge in [-0.3, -0.25) is 4.79 Å². The first-order valence-electron chi connectivity index (χ1n) is 5.02. The van der Waals surface area contributed by atoms with E-state index in [1.807, 2.05) is 44.2 Å². The SMILES string of the molecule is [CH2]C(C)(C)CC(=O)OCc1ccccc1. The highest BCUT2D eigenvalue weighted by atomic mass is 16.5. The average Bonchev–Trinajstić information content (AvgIpc) is 2.14. The first-order valence-corrected chi connectivity index (χ1v) is 5.02. The lowest BCUT2D eigenvalue weighted by atomic mass is 9.92. The number of carbonyl (C=O) groups excluding carboxylic acids is 1. The number of hydrogen-bond donors (Lipinski definition) is 0. The maximum atomic E-state index is 11.4. The molecule has 1 aromatic carbocycles. The maximum Gasteiger partial charge on any atom is 0.306 e. The molecule has 2 nitrogen and oxygen atoms in total. The van der Waals surface area contributed by atoms with Gasteiger partial charge in [-0.05, 0) is 17.9 Å². The van der Waals surface area contributed by atoms with Crippen molar-refractivity contribution in [1.82, 2.24) is 0 Å². The van der Waals surface area contributed by atoms with Gasteiger partial charge in [0.2, 0.25) is 0 Å². The van der Waals surface area contributed by atoms with Crippen LogP contribution < -0.4 is 0 Å². The standard InChI is InChI=1S/C13H17O2/c1-13(2,3)9-12(14)15-10-11-7-5-4-6-8-11/h4-8H,1,9-10H2,2-3H3. The minimum atomic E-state index is -0.256. The third-order valence-electron chi connectivity index (χ3n) is 1.87. The summed E-state index contributed by atoms with van der Waals surface area (Å²) in [7, 11) is 0. The van der Waals surface area contributed by atoms with Gasteiger partial charge in [-0.2, -0.15) is 0 Å². The molecule has 1 rings (SSSR count). The van der Waals surface area contributed by atoms with Gasteiger partial charge in [0, 0.05) is 0 Å². The minimum absolute atomic E-state index is 0.196. The van der Waals surface area contributed by atoms with Gasteiger partial charge in [-0.15, -0.1) is 0 Å². The van der Waals surface area contributed by atoms with E-state index >= 15 is 0 Å². The van der Waals surface area contributed by atoms with E-state index in [-0.39, 0.29) is 11.4 Å². The topological polar surface area (TPSA) is 26.3 Å². The van der Waals surface area contributed by atoms with Crippen LogP contribution in [0.2, 0.25) is 0 Å². The number of rotatable bonds is 4. The van der Waals surface area contributed by atoms with Crippen molar-refractivity contribution in [1.29, 1.82) is 0 Å². The predicted molar refractivity (Wildman–Crippen MR) is 60.0 cm³/mol. The minimum Gasteiger partial charge on any atom is -0.461 e. The van der Waals surface area contributed by atoms with Crippen molar-refractivity contribution in [2.75, 3.05) is 0 Å². The third kappa shape index (κ3) is 5.21. The molecule has 0 bridgehead atoms. The van der Waals surface area contributed by atoms with Crippen LogP contribution in [-0.2, 0) is 16.1 Å². The Labute approximate surface area is 91.3 Å². The molecule has 0 N–H and O–H groups in total. The summed E-state index contributed by atoms with van der Waals surface area (Å²) in [6.07, 6.45) is 0.347. The van der Waals surface area contributed by atoms with E-state index < -0.39 is 0 Å². The molecule has 0 aliphatic heterocycles. The molecule has 0 unspecified atom stereocenters. The van der Waals surface area contributed by atoms with Crippen LogP contribution in [0.25, 0.3) is 0 Å². The van der Waals surface area contributed by atoms with Crippen molar-refractivity contribution < 1.29 is 9.53 Å². The number of ether oxygens (including phenoxy) is 1. The lowest BCUT2D eigenvalue weighted by molar-refractivity contribution is -0.146. The highest BCUT2D eigenvalue weighted by molar-refractivity contribution is 5.70. The monoisotopic (exact) mass is 205 g/mol. The van der Waals surface area contributed by atoms with Gasteiger partial charge >= 0.3 is 5.97 Å². The molecule has 0 saturated heterocycles. The van der Waals surface area contributed by atoms with Gasteiger partial charge < -0.3 is 4.74 Å². The summed E-state index contributed by atoms with van der Waals surface area (Å²) in [5.74, 6) is -0.196. The maximum absolute atomic E-state index is 11.4. The summed E-state index contributed by atoms with van der Waals surface area (Å²) >= 11 is 0. The van der Waals surface area contributed by atoms with Gasteiger partial charge in [0.25, 0.3) is 0 Å². The normalized spacial score (nSPS) is 11.1. The molecule has 0 aliphatic carbocycles. The fraction of sp³-hybridized carbons (Fsp3) is 0.385. The molecule has 1 radical (unpaired) electrons. The van der Waals surface area contributed by atoms with Gasteiger partial charge in [-0.25, -0.2) is 0 Å². The summed E-state index contributed by atoms with van der Waals surface area (Å²) in [5, 5.41) is 0. The first-order chi connectivity index (χ1) is 6.97. The molecule has 1 aromatic rings. The van der Waals surface area contributed by atoms with Crippen LogP contribution in [0.1, 0.15) is 25.8 Å². The summed E-state index contributed by atoms with van der Waals surface area (Å²) in [6, 6.07) is 9.65. The Kier molecular flexibility index (Phi) is 3.89. The lowest BCUT2D eigenvalue weighted by Crippen LogP contribution is -2.15. The Morgan fingerprint density at radius 1 is 1.33 bits per heavy atom. The van der Waals surface area contributed by atoms with Crippen LogP contribution >= 0.6 is 0 Å². The number of benzene rings is 1. The molecule has 0 aliphatic rings. The Balaban J connectivity index is 2.35. The zero-order valence-electron chi connectivity index (χ0n) is 9.32. The Morgan fingerprint density at radius 3 is 2.47 bits per heavy atom. The van der Waals surface area contributed by atoms with Crippen LogP contribution in [0.15, 0.2) is 30.3 Å². The lowest BCUT2D eigenvalue weighted by Gasteiger charge is -2.16. The van der Waals surface area contributed by atoms with E-state index in [4.69, 9.17) is 4.74 Å². The Morgan fingerprint density at radius 2 is 1.93 bits per heavy atom. The first kappa shape index (κ1) is 11.8. The molecule has 0 fully saturated rings. The van der Waals surface area contributed by atoms with E-state index in [0.29, 0.717) is 13.0 Å². The van der Waals surface area contributed by atoms with Crippen LogP contribution in [-0.4, -0.2) is 5.97 Å². The second-order valence-electron chi connectivity index (χ2n) is 4.49. The van der Waals surface area contributed by atoms with Gasteiger partial charge in [0.1, 0.15) is 6.61 Å². The third-order valence-corrected chi connectivity index (χ3v) is 1.87. The molecule has 2 heteroatoms. The molecule has 0 saturated carbocycles.